The van der Waals surface area contributed by atoms with E-state index >= 15 is 0 Å². The van der Waals surface area contributed by atoms with Crippen molar-refractivity contribution in [2.24, 2.45) is 0 Å². The highest BCUT2D eigenvalue weighted by atomic mass is 35.5. The number of nitrogens with one attached hydrogen (secondary N) is 1. The van der Waals surface area contributed by atoms with Gasteiger partial charge in [0.15, 0.2) is 0 Å². The third kappa shape index (κ3) is 3.70. The molecule has 2 aromatic rings. The van der Waals surface area contributed by atoms with E-state index in [0.29, 0.717) is 16.5 Å². The summed E-state index contributed by atoms with van der Waals surface area (Å²) < 4.78 is 1.95. The summed E-state index contributed by atoms with van der Waals surface area (Å²) in [7, 11) is 3.74. The van der Waals surface area contributed by atoms with Crippen LogP contribution in [0.4, 0.5) is 5.82 Å². The Morgan fingerprint density at radius 3 is 2.83 bits per heavy atom. The Labute approximate surface area is 146 Å². The fraction of sp³-hybridized carbons (Fsp3) is 0.471. The minimum atomic E-state index is -0.119. The molecule has 2 aromatic heterocycles. The van der Waals surface area contributed by atoms with E-state index in [1.165, 1.54) is 0 Å². The van der Waals surface area contributed by atoms with Crippen LogP contribution in [0.1, 0.15) is 42.1 Å². The summed E-state index contributed by atoms with van der Waals surface area (Å²) in [5.74, 6) is 0.548. The second-order valence-electron chi connectivity index (χ2n) is 6.35. The van der Waals surface area contributed by atoms with E-state index < -0.39 is 0 Å². The van der Waals surface area contributed by atoms with Gasteiger partial charge in [0.2, 0.25) is 0 Å². The van der Waals surface area contributed by atoms with Gasteiger partial charge in [0.25, 0.3) is 5.91 Å². The molecule has 0 aliphatic heterocycles. The topological polar surface area (TPSA) is 63.1 Å². The van der Waals surface area contributed by atoms with Crippen molar-refractivity contribution < 1.29 is 4.79 Å². The summed E-state index contributed by atoms with van der Waals surface area (Å²) in [6.07, 6.45) is 7.98. The van der Waals surface area contributed by atoms with E-state index in [1.54, 1.807) is 18.3 Å². The molecule has 128 valence electrons. The van der Waals surface area contributed by atoms with Crippen molar-refractivity contribution in [2.45, 2.75) is 37.8 Å². The highest BCUT2D eigenvalue weighted by Crippen LogP contribution is 2.28. The van der Waals surface area contributed by atoms with Crippen LogP contribution in [0.3, 0.4) is 0 Å². The lowest BCUT2D eigenvalue weighted by atomic mass is 9.90. The number of carbonyl (C=O) groups excluding carboxylic acids is 1. The summed E-state index contributed by atoms with van der Waals surface area (Å²) in [6.45, 7) is 0. The highest BCUT2D eigenvalue weighted by Gasteiger charge is 2.28. The molecule has 0 saturated heterocycles. The van der Waals surface area contributed by atoms with E-state index in [0.717, 1.165) is 25.7 Å². The molecule has 0 unspecified atom stereocenters. The first-order valence-corrected chi connectivity index (χ1v) is 8.57. The van der Waals surface area contributed by atoms with Gasteiger partial charge in [-0.3, -0.25) is 9.48 Å². The van der Waals surface area contributed by atoms with Crippen LogP contribution in [0.5, 0.6) is 0 Å². The molecule has 0 bridgehead atoms. The second-order valence-corrected chi connectivity index (χ2v) is 6.74. The maximum absolute atomic E-state index is 12.7. The van der Waals surface area contributed by atoms with Crippen LogP contribution in [-0.4, -0.2) is 40.8 Å². The lowest BCUT2D eigenvalue weighted by Gasteiger charge is -2.32. The number of halogens is 1. The minimum Gasteiger partial charge on any atom is -0.363 e. The van der Waals surface area contributed by atoms with Gasteiger partial charge >= 0.3 is 0 Å². The average Bonchev–Trinajstić information content (AvgIpc) is 3.09. The fourth-order valence-corrected chi connectivity index (χ4v) is 3.37. The van der Waals surface area contributed by atoms with Crippen molar-refractivity contribution in [3.05, 3.63) is 41.3 Å². The summed E-state index contributed by atoms with van der Waals surface area (Å²) in [4.78, 5) is 18.8. The summed E-state index contributed by atoms with van der Waals surface area (Å²) in [5.41, 5.74) is 0.531. The minimum absolute atomic E-state index is 0.0703. The Balaban J connectivity index is 1.78. The van der Waals surface area contributed by atoms with Gasteiger partial charge in [-0.25, -0.2) is 4.98 Å². The zero-order valence-electron chi connectivity index (χ0n) is 13.9. The lowest BCUT2D eigenvalue weighted by Crippen LogP contribution is -2.43. The van der Waals surface area contributed by atoms with Gasteiger partial charge in [-0.05, 0) is 31.0 Å². The average molecular weight is 348 g/mol. The number of nitrogens with zero attached hydrogens (tertiary/aromatic N) is 4. The van der Waals surface area contributed by atoms with Gasteiger partial charge in [0.05, 0.1) is 12.1 Å². The monoisotopic (exact) mass is 347 g/mol. The van der Waals surface area contributed by atoms with Crippen molar-refractivity contribution in [3.63, 3.8) is 0 Å². The van der Waals surface area contributed by atoms with Crippen LogP contribution in [0, 0.1) is 0 Å². The van der Waals surface area contributed by atoms with E-state index in [-0.39, 0.29) is 18.0 Å². The number of aromatic nitrogens is 3. The Morgan fingerprint density at radius 2 is 2.12 bits per heavy atom. The Morgan fingerprint density at radius 1 is 1.33 bits per heavy atom. The highest BCUT2D eigenvalue weighted by molar-refractivity contribution is 6.29. The Hall–Kier alpha value is -2.08. The molecule has 2 heterocycles. The molecule has 0 spiro atoms. The number of hydrogen-bond donors (Lipinski definition) is 1. The van der Waals surface area contributed by atoms with Crippen LogP contribution in [0.15, 0.2) is 30.6 Å². The molecule has 3 rings (SSSR count). The van der Waals surface area contributed by atoms with Crippen molar-refractivity contribution in [3.8, 4) is 0 Å². The standard InChI is InChI=1S/C17H22ClN5O/c1-22(2)16-11-12(10-15(18)21-16)17(24)20-13-6-3-4-7-14(13)23-9-5-8-19-23/h5,8-11,13-14H,3-4,6-7H2,1-2H3,(H,20,24)/t13-,14+/m0/s1. The molecular weight excluding hydrogens is 326 g/mol. The van der Waals surface area contributed by atoms with Gasteiger partial charge in [-0.1, -0.05) is 24.4 Å². The second kappa shape index (κ2) is 7.21. The normalized spacial score (nSPS) is 20.6. The molecular formula is C17H22ClN5O. The van der Waals surface area contributed by atoms with Gasteiger partial charge < -0.3 is 10.2 Å². The predicted octanol–water partition coefficient (Wildman–Crippen LogP) is 2.91. The molecule has 1 amide bonds. The molecule has 6 nitrogen and oxygen atoms in total. The molecule has 1 N–H and O–H groups in total. The number of pyridine rings is 1. The predicted molar refractivity (Wildman–Crippen MR) is 94.6 cm³/mol. The van der Waals surface area contributed by atoms with Crippen LogP contribution < -0.4 is 10.2 Å². The third-order valence-electron chi connectivity index (χ3n) is 4.41. The quantitative estimate of drug-likeness (QED) is 0.864. The first-order chi connectivity index (χ1) is 11.5. The number of anilines is 1. The molecule has 0 radical (unpaired) electrons. The molecule has 24 heavy (non-hydrogen) atoms. The van der Waals surface area contributed by atoms with Gasteiger partial charge in [0, 0.05) is 32.1 Å². The van der Waals surface area contributed by atoms with Crippen LogP contribution in [-0.2, 0) is 0 Å². The van der Waals surface area contributed by atoms with Crippen molar-refractivity contribution in [2.75, 3.05) is 19.0 Å². The summed E-state index contributed by atoms with van der Waals surface area (Å²) >= 11 is 6.06. The van der Waals surface area contributed by atoms with Crippen molar-refractivity contribution in [1.82, 2.24) is 20.1 Å². The molecule has 0 aromatic carbocycles. The molecule has 7 heteroatoms. The fourth-order valence-electron chi connectivity index (χ4n) is 3.17. The molecule has 1 aliphatic carbocycles. The lowest BCUT2D eigenvalue weighted by molar-refractivity contribution is 0.0905. The number of hydrogen-bond acceptors (Lipinski definition) is 4. The van der Waals surface area contributed by atoms with E-state index in [1.807, 2.05) is 35.9 Å². The number of rotatable bonds is 4. The van der Waals surface area contributed by atoms with Gasteiger partial charge in [0.1, 0.15) is 11.0 Å². The molecule has 2 atom stereocenters. The van der Waals surface area contributed by atoms with E-state index in [9.17, 15) is 4.79 Å². The largest absolute Gasteiger partial charge is 0.363 e. The molecule has 1 aliphatic rings. The first kappa shape index (κ1) is 16.8. The maximum atomic E-state index is 12.7. The number of carbonyl (C=O) groups is 1. The third-order valence-corrected chi connectivity index (χ3v) is 4.61. The zero-order valence-corrected chi connectivity index (χ0v) is 14.7. The van der Waals surface area contributed by atoms with Crippen molar-refractivity contribution in [1.29, 1.82) is 0 Å². The van der Waals surface area contributed by atoms with Crippen LogP contribution in [0.25, 0.3) is 0 Å². The van der Waals surface area contributed by atoms with Crippen LogP contribution in [0.2, 0.25) is 5.15 Å². The van der Waals surface area contributed by atoms with E-state index in [4.69, 9.17) is 11.6 Å². The smallest absolute Gasteiger partial charge is 0.251 e. The van der Waals surface area contributed by atoms with Gasteiger partial charge in [-0.2, -0.15) is 5.10 Å². The Kier molecular flexibility index (Phi) is 5.04. The first-order valence-electron chi connectivity index (χ1n) is 8.19. The Bertz CT molecular complexity index is 701. The molecule has 1 fully saturated rings. The van der Waals surface area contributed by atoms with Crippen LogP contribution >= 0.6 is 11.6 Å². The summed E-state index contributed by atoms with van der Waals surface area (Å²) in [5, 5.41) is 7.83. The number of amides is 1. The zero-order chi connectivity index (χ0) is 17.1. The van der Waals surface area contributed by atoms with Gasteiger partial charge in [-0.15, -0.1) is 0 Å². The SMILES string of the molecule is CN(C)c1cc(C(=O)N[C@H]2CCCC[C@H]2n2cccn2)cc(Cl)n1. The maximum Gasteiger partial charge on any atom is 0.251 e. The van der Waals surface area contributed by atoms with Crippen molar-refractivity contribution >= 4 is 23.3 Å². The van der Waals surface area contributed by atoms with E-state index in [2.05, 4.69) is 15.4 Å². The summed E-state index contributed by atoms with van der Waals surface area (Å²) in [6, 6.07) is 5.55. The molecule has 1 saturated carbocycles.